The molecule has 1 aromatic heterocycles. The molecular weight excluding hydrogens is 260 g/mol. The highest BCUT2D eigenvalue weighted by Gasteiger charge is 2.12. The van der Waals surface area contributed by atoms with Gasteiger partial charge in [0.1, 0.15) is 0 Å². The van der Waals surface area contributed by atoms with Crippen LogP contribution in [0.25, 0.3) is 0 Å². The standard InChI is InChI=1S/C15H17ClN2O/c1-11(12-6-8-17-9-7-12)18-10-15(19)13-4-2-3-5-14(13)16/h2-9,11,15,18-19H,10H2,1H3. The van der Waals surface area contributed by atoms with Gasteiger partial charge in [-0.05, 0) is 30.7 Å². The van der Waals surface area contributed by atoms with Crippen molar-refractivity contribution in [2.45, 2.75) is 19.1 Å². The van der Waals surface area contributed by atoms with Crippen molar-refractivity contribution in [1.29, 1.82) is 0 Å². The first-order valence-electron chi connectivity index (χ1n) is 6.24. The van der Waals surface area contributed by atoms with Crippen molar-refractivity contribution in [3.05, 3.63) is 64.9 Å². The van der Waals surface area contributed by atoms with Crippen LogP contribution < -0.4 is 5.32 Å². The summed E-state index contributed by atoms with van der Waals surface area (Å²) in [6.07, 6.45) is 2.91. The van der Waals surface area contributed by atoms with E-state index in [1.54, 1.807) is 18.5 Å². The first kappa shape index (κ1) is 14.0. The molecule has 2 aromatic rings. The minimum atomic E-state index is -0.613. The lowest BCUT2D eigenvalue weighted by molar-refractivity contribution is 0.171. The van der Waals surface area contributed by atoms with E-state index >= 15 is 0 Å². The van der Waals surface area contributed by atoms with Crippen LogP contribution in [0.15, 0.2) is 48.8 Å². The van der Waals surface area contributed by atoms with E-state index in [0.29, 0.717) is 11.6 Å². The van der Waals surface area contributed by atoms with E-state index in [1.165, 1.54) is 0 Å². The summed E-state index contributed by atoms with van der Waals surface area (Å²) in [7, 11) is 0. The maximum Gasteiger partial charge on any atom is 0.0928 e. The van der Waals surface area contributed by atoms with Gasteiger partial charge in [-0.15, -0.1) is 0 Å². The molecule has 0 radical (unpaired) electrons. The van der Waals surface area contributed by atoms with Gasteiger partial charge in [0.15, 0.2) is 0 Å². The van der Waals surface area contributed by atoms with Gasteiger partial charge in [-0.3, -0.25) is 4.98 Å². The zero-order chi connectivity index (χ0) is 13.7. The molecule has 3 nitrogen and oxygen atoms in total. The summed E-state index contributed by atoms with van der Waals surface area (Å²) in [5, 5.41) is 14.0. The zero-order valence-corrected chi connectivity index (χ0v) is 11.5. The van der Waals surface area contributed by atoms with Crippen molar-refractivity contribution >= 4 is 11.6 Å². The molecule has 19 heavy (non-hydrogen) atoms. The van der Waals surface area contributed by atoms with E-state index < -0.39 is 6.10 Å². The van der Waals surface area contributed by atoms with Crippen molar-refractivity contribution in [3.63, 3.8) is 0 Å². The molecule has 0 spiro atoms. The summed E-state index contributed by atoms with van der Waals surface area (Å²) >= 11 is 6.06. The molecule has 0 bridgehead atoms. The van der Waals surface area contributed by atoms with E-state index in [4.69, 9.17) is 11.6 Å². The van der Waals surface area contributed by atoms with E-state index in [2.05, 4.69) is 17.2 Å². The summed E-state index contributed by atoms with van der Waals surface area (Å²) in [5.74, 6) is 0. The number of pyridine rings is 1. The van der Waals surface area contributed by atoms with Gasteiger partial charge in [0, 0.05) is 35.6 Å². The van der Waals surface area contributed by atoms with Gasteiger partial charge in [0.2, 0.25) is 0 Å². The molecule has 0 saturated heterocycles. The predicted octanol–water partition coefficient (Wildman–Crippen LogP) is 3.12. The number of nitrogens with zero attached hydrogens (tertiary/aromatic N) is 1. The van der Waals surface area contributed by atoms with E-state index in [0.717, 1.165) is 11.1 Å². The fraction of sp³-hybridized carbons (Fsp3) is 0.267. The molecule has 1 aromatic carbocycles. The topological polar surface area (TPSA) is 45.1 Å². The second kappa shape index (κ2) is 6.66. The second-order valence-electron chi connectivity index (χ2n) is 4.45. The molecule has 0 aliphatic heterocycles. The maximum atomic E-state index is 10.1. The highest BCUT2D eigenvalue weighted by Crippen LogP contribution is 2.22. The van der Waals surface area contributed by atoms with Crippen LogP contribution in [0.4, 0.5) is 0 Å². The Bertz CT molecular complexity index is 519. The number of aliphatic hydroxyl groups is 1. The molecule has 2 rings (SSSR count). The highest BCUT2D eigenvalue weighted by molar-refractivity contribution is 6.31. The summed E-state index contributed by atoms with van der Waals surface area (Å²) in [4.78, 5) is 3.99. The van der Waals surface area contributed by atoms with Gasteiger partial charge < -0.3 is 10.4 Å². The Labute approximate surface area is 118 Å². The van der Waals surface area contributed by atoms with E-state index in [9.17, 15) is 5.11 Å². The van der Waals surface area contributed by atoms with Gasteiger partial charge in [-0.2, -0.15) is 0 Å². The third-order valence-corrected chi connectivity index (χ3v) is 3.43. The van der Waals surface area contributed by atoms with Crippen LogP contribution >= 0.6 is 11.6 Å². The number of halogens is 1. The molecule has 0 aliphatic rings. The Kier molecular flexibility index (Phi) is 4.91. The third-order valence-electron chi connectivity index (χ3n) is 3.09. The molecule has 4 heteroatoms. The molecule has 1 heterocycles. The van der Waals surface area contributed by atoms with Crippen LogP contribution in [-0.2, 0) is 0 Å². The zero-order valence-electron chi connectivity index (χ0n) is 10.8. The number of aromatic nitrogens is 1. The van der Waals surface area contributed by atoms with Gasteiger partial charge in [-0.25, -0.2) is 0 Å². The van der Waals surface area contributed by atoms with Gasteiger partial charge in [0.05, 0.1) is 6.10 Å². The fourth-order valence-corrected chi connectivity index (χ4v) is 2.18. The lowest BCUT2D eigenvalue weighted by Gasteiger charge is -2.18. The van der Waals surface area contributed by atoms with Gasteiger partial charge in [-0.1, -0.05) is 29.8 Å². The number of benzene rings is 1. The van der Waals surface area contributed by atoms with Crippen LogP contribution in [0.5, 0.6) is 0 Å². The first-order chi connectivity index (χ1) is 9.18. The number of rotatable bonds is 5. The molecular formula is C15H17ClN2O. The smallest absolute Gasteiger partial charge is 0.0928 e. The van der Waals surface area contributed by atoms with Crippen LogP contribution in [0.3, 0.4) is 0 Å². The summed E-state index contributed by atoms with van der Waals surface area (Å²) in [6, 6.07) is 11.4. The fourth-order valence-electron chi connectivity index (χ4n) is 1.91. The van der Waals surface area contributed by atoms with E-state index in [-0.39, 0.29) is 6.04 Å². The molecule has 0 aliphatic carbocycles. The largest absolute Gasteiger partial charge is 0.387 e. The summed E-state index contributed by atoms with van der Waals surface area (Å²) in [6.45, 7) is 2.50. The monoisotopic (exact) mass is 276 g/mol. The molecule has 0 fully saturated rings. The predicted molar refractivity (Wildman–Crippen MR) is 77.1 cm³/mol. The Morgan fingerprint density at radius 1 is 1.21 bits per heavy atom. The molecule has 100 valence electrons. The lowest BCUT2D eigenvalue weighted by atomic mass is 10.1. The Balaban J connectivity index is 1.94. The van der Waals surface area contributed by atoms with Crippen molar-refractivity contribution in [2.24, 2.45) is 0 Å². The van der Waals surface area contributed by atoms with Crippen LogP contribution in [-0.4, -0.2) is 16.6 Å². The number of aliphatic hydroxyl groups excluding tert-OH is 1. The molecule has 2 unspecified atom stereocenters. The maximum absolute atomic E-state index is 10.1. The molecule has 2 N–H and O–H groups in total. The molecule has 0 amide bonds. The number of nitrogens with one attached hydrogen (secondary N) is 1. The third kappa shape index (κ3) is 3.77. The average molecular weight is 277 g/mol. The Hall–Kier alpha value is -1.42. The Morgan fingerprint density at radius 2 is 1.89 bits per heavy atom. The number of hydrogen-bond acceptors (Lipinski definition) is 3. The SMILES string of the molecule is CC(NCC(O)c1ccccc1Cl)c1ccncc1. The number of hydrogen-bond donors (Lipinski definition) is 2. The Morgan fingerprint density at radius 3 is 2.58 bits per heavy atom. The van der Waals surface area contributed by atoms with Crippen molar-refractivity contribution in [2.75, 3.05) is 6.54 Å². The summed E-state index contributed by atoms with van der Waals surface area (Å²) < 4.78 is 0. The second-order valence-corrected chi connectivity index (χ2v) is 4.85. The van der Waals surface area contributed by atoms with Crippen LogP contribution in [0.2, 0.25) is 5.02 Å². The average Bonchev–Trinajstić information content (AvgIpc) is 2.46. The van der Waals surface area contributed by atoms with Crippen LogP contribution in [0, 0.1) is 0 Å². The molecule has 0 saturated carbocycles. The minimum absolute atomic E-state index is 0.153. The molecule has 2 atom stereocenters. The van der Waals surface area contributed by atoms with Crippen molar-refractivity contribution in [3.8, 4) is 0 Å². The van der Waals surface area contributed by atoms with Gasteiger partial charge >= 0.3 is 0 Å². The van der Waals surface area contributed by atoms with E-state index in [1.807, 2.05) is 30.3 Å². The summed E-state index contributed by atoms with van der Waals surface area (Å²) in [5.41, 5.74) is 1.89. The lowest BCUT2D eigenvalue weighted by Crippen LogP contribution is -2.24. The van der Waals surface area contributed by atoms with Crippen molar-refractivity contribution < 1.29 is 5.11 Å². The first-order valence-corrected chi connectivity index (χ1v) is 6.62. The highest BCUT2D eigenvalue weighted by atomic mass is 35.5. The van der Waals surface area contributed by atoms with Gasteiger partial charge in [0.25, 0.3) is 0 Å². The van der Waals surface area contributed by atoms with Crippen molar-refractivity contribution in [1.82, 2.24) is 10.3 Å². The minimum Gasteiger partial charge on any atom is -0.387 e. The quantitative estimate of drug-likeness (QED) is 0.882. The van der Waals surface area contributed by atoms with Crippen LogP contribution in [0.1, 0.15) is 30.2 Å². The normalized spacial score (nSPS) is 14.1.